The van der Waals surface area contributed by atoms with Crippen LogP contribution < -0.4 is 5.32 Å². The quantitative estimate of drug-likeness (QED) is 0.718. The summed E-state index contributed by atoms with van der Waals surface area (Å²) in [7, 11) is 0. The van der Waals surface area contributed by atoms with Crippen LogP contribution in [0.5, 0.6) is 5.75 Å². The van der Waals surface area contributed by atoms with E-state index in [1.54, 1.807) is 6.07 Å². The number of phenols is 1. The van der Waals surface area contributed by atoms with Gasteiger partial charge in [0, 0.05) is 24.3 Å². The molecule has 2 aromatic carbocycles. The zero-order valence-corrected chi connectivity index (χ0v) is 12.8. The minimum atomic E-state index is 0.319. The number of rotatable bonds is 6. The number of anilines is 1. The number of hydrogen-bond donors (Lipinski definition) is 2. The molecule has 1 heterocycles. The van der Waals surface area contributed by atoms with Gasteiger partial charge in [0.25, 0.3) is 0 Å². The van der Waals surface area contributed by atoms with Gasteiger partial charge in [-0.05, 0) is 30.7 Å². The Morgan fingerprint density at radius 2 is 2.05 bits per heavy atom. The lowest BCUT2D eigenvalue weighted by Gasteiger charge is -2.08. The van der Waals surface area contributed by atoms with Crippen molar-refractivity contribution in [3.8, 4) is 5.75 Å². The maximum atomic E-state index is 9.79. The molecule has 0 amide bonds. The first kappa shape index (κ1) is 14.4. The van der Waals surface area contributed by atoms with Crippen LogP contribution in [0.1, 0.15) is 25.3 Å². The molecule has 3 rings (SSSR count). The molecular formula is C18H21N3O. The fraction of sp³-hybridized carbons (Fsp3) is 0.278. The number of phenolic OH excluding ortho intramolecular Hbond substituents is 1. The number of unbranched alkanes of at least 4 members (excludes halogenated alkanes) is 1. The van der Waals surface area contributed by atoms with Crippen LogP contribution in [0.4, 0.5) is 5.69 Å². The number of benzene rings is 2. The number of aryl methyl sites for hydroxylation is 1. The van der Waals surface area contributed by atoms with Crippen molar-refractivity contribution in [1.29, 1.82) is 0 Å². The van der Waals surface area contributed by atoms with Crippen LogP contribution in [-0.2, 0) is 13.1 Å². The Bertz CT molecular complexity index is 764. The largest absolute Gasteiger partial charge is 0.508 e. The zero-order chi connectivity index (χ0) is 15.4. The molecule has 4 nitrogen and oxygen atoms in total. The van der Waals surface area contributed by atoms with E-state index in [-0.39, 0.29) is 0 Å². The summed E-state index contributed by atoms with van der Waals surface area (Å²) in [6, 6.07) is 13.6. The van der Waals surface area contributed by atoms with E-state index in [2.05, 4.69) is 40.0 Å². The SMILES string of the molecule is CCCCn1cnc2cc(NCc3ccccc3O)ccc21. The Morgan fingerprint density at radius 3 is 2.86 bits per heavy atom. The maximum Gasteiger partial charge on any atom is 0.120 e. The van der Waals surface area contributed by atoms with Crippen LogP contribution in [0, 0.1) is 0 Å². The van der Waals surface area contributed by atoms with Crippen molar-refractivity contribution >= 4 is 16.7 Å². The number of fused-ring (bicyclic) bond motifs is 1. The average Bonchev–Trinajstić information content (AvgIpc) is 2.94. The minimum absolute atomic E-state index is 0.319. The Hall–Kier alpha value is -2.49. The Balaban J connectivity index is 1.74. The minimum Gasteiger partial charge on any atom is -0.508 e. The summed E-state index contributed by atoms with van der Waals surface area (Å²) in [4.78, 5) is 4.48. The van der Waals surface area contributed by atoms with Gasteiger partial charge >= 0.3 is 0 Å². The summed E-state index contributed by atoms with van der Waals surface area (Å²) in [5.74, 6) is 0.319. The van der Waals surface area contributed by atoms with Gasteiger partial charge in [0.1, 0.15) is 5.75 Å². The van der Waals surface area contributed by atoms with Gasteiger partial charge in [-0.15, -0.1) is 0 Å². The Kier molecular flexibility index (Phi) is 4.28. The molecule has 0 radical (unpaired) electrons. The van der Waals surface area contributed by atoms with Crippen molar-refractivity contribution in [1.82, 2.24) is 9.55 Å². The predicted molar refractivity (Wildman–Crippen MR) is 90.1 cm³/mol. The normalized spacial score (nSPS) is 11.0. The lowest BCUT2D eigenvalue weighted by molar-refractivity contribution is 0.469. The van der Waals surface area contributed by atoms with E-state index in [0.717, 1.165) is 23.3 Å². The molecule has 2 N–H and O–H groups in total. The molecule has 0 saturated heterocycles. The molecule has 0 unspecified atom stereocenters. The number of nitrogens with zero attached hydrogens (tertiary/aromatic N) is 2. The Morgan fingerprint density at radius 1 is 1.18 bits per heavy atom. The number of hydrogen-bond acceptors (Lipinski definition) is 3. The van der Waals surface area contributed by atoms with E-state index in [4.69, 9.17) is 0 Å². The molecule has 0 saturated carbocycles. The van der Waals surface area contributed by atoms with Crippen LogP contribution in [0.3, 0.4) is 0 Å². The molecule has 4 heteroatoms. The zero-order valence-electron chi connectivity index (χ0n) is 12.8. The standard InChI is InChI=1S/C18H21N3O/c1-2-3-10-21-13-20-16-11-15(8-9-17(16)21)19-12-14-6-4-5-7-18(14)22/h4-9,11,13,19,22H,2-3,10,12H2,1H3. The first-order chi connectivity index (χ1) is 10.8. The summed E-state index contributed by atoms with van der Waals surface area (Å²) < 4.78 is 2.20. The molecule has 0 spiro atoms. The van der Waals surface area contributed by atoms with Crippen molar-refractivity contribution in [3.63, 3.8) is 0 Å². The van der Waals surface area contributed by atoms with Gasteiger partial charge in [-0.1, -0.05) is 31.5 Å². The number of aromatic nitrogens is 2. The molecule has 0 fully saturated rings. The second-order valence-electron chi connectivity index (χ2n) is 5.48. The van der Waals surface area contributed by atoms with Gasteiger partial charge in [-0.2, -0.15) is 0 Å². The van der Waals surface area contributed by atoms with Gasteiger partial charge in [0.15, 0.2) is 0 Å². The van der Waals surface area contributed by atoms with Crippen LogP contribution >= 0.6 is 0 Å². The highest BCUT2D eigenvalue weighted by Gasteiger charge is 2.04. The molecule has 3 aromatic rings. The fourth-order valence-electron chi connectivity index (χ4n) is 2.54. The third kappa shape index (κ3) is 3.06. The number of nitrogens with one attached hydrogen (secondary N) is 1. The second kappa shape index (κ2) is 6.52. The second-order valence-corrected chi connectivity index (χ2v) is 5.48. The lowest BCUT2D eigenvalue weighted by Crippen LogP contribution is -2.00. The summed E-state index contributed by atoms with van der Waals surface area (Å²) in [5, 5.41) is 13.1. The first-order valence-corrected chi connectivity index (χ1v) is 7.73. The van der Waals surface area contributed by atoms with E-state index in [0.29, 0.717) is 12.3 Å². The molecule has 0 aliphatic heterocycles. The summed E-state index contributed by atoms with van der Waals surface area (Å²) >= 11 is 0. The lowest BCUT2D eigenvalue weighted by atomic mass is 10.2. The summed E-state index contributed by atoms with van der Waals surface area (Å²) in [5.41, 5.74) is 4.06. The topological polar surface area (TPSA) is 50.1 Å². The third-order valence-electron chi connectivity index (χ3n) is 3.85. The molecule has 0 aliphatic rings. The smallest absolute Gasteiger partial charge is 0.120 e. The van der Waals surface area contributed by atoms with Gasteiger partial charge in [0.05, 0.1) is 17.4 Å². The molecule has 114 valence electrons. The van der Waals surface area contributed by atoms with Crippen LogP contribution in [0.25, 0.3) is 11.0 Å². The van der Waals surface area contributed by atoms with Gasteiger partial charge < -0.3 is 15.0 Å². The number of para-hydroxylation sites is 1. The Labute approximate surface area is 130 Å². The molecular weight excluding hydrogens is 274 g/mol. The first-order valence-electron chi connectivity index (χ1n) is 7.73. The van der Waals surface area contributed by atoms with Gasteiger partial charge in [0.2, 0.25) is 0 Å². The van der Waals surface area contributed by atoms with Gasteiger partial charge in [-0.25, -0.2) is 4.98 Å². The molecule has 0 aliphatic carbocycles. The summed E-state index contributed by atoms with van der Waals surface area (Å²) in [6.07, 6.45) is 4.26. The van der Waals surface area contributed by atoms with E-state index in [1.165, 1.54) is 18.4 Å². The van der Waals surface area contributed by atoms with Crippen molar-refractivity contribution < 1.29 is 5.11 Å². The average molecular weight is 295 g/mol. The van der Waals surface area contributed by atoms with Crippen LogP contribution in [0.15, 0.2) is 48.8 Å². The van der Waals surface area contributed by atoms with Gasteiger partial charge in [-0.3, -0.25) is 0 Å². The van der Waals surface area contributed by atoms with E-state index in [9.17, 15) is 5.11 Å². The molecule has 1 aromatic heterocycles. The van der Waals surface area contributed by atoms with E-state index < -0.39 is 0 Å². The third-order valence-corrected chi connectivity index (χ3v) is 3.85. The van der Waals surface area contributed by atoms with E-state index >= 15 is 0 Å². The van der Waals surface area contributed by atoms with Crippen molar-refractivity contribution in [2.45, 2.75) is 32.9 Å². The molecule has 0 atom stereocenters. The van der Waals surface area contributed by atoms with Crippen molar-refractivity contribution in [2.24, 2.45) is 0 Å². The van der Waals surface area contributed by atoms with Crippen molar-refractivity contribution in [3.05, 3.63) is 54.4 Å². The highest BCUT2D eigenvalue weighted by atomic mass is 16.3. The van der Waals surface area contributed by atoms with Crippen LogP contribution in [0.2, 0.25) is 0 Å². The maximum absolute atomic E-state index is 9.79. The highest BCUT2D eigenvalue weighted by Crippen LogP contribution is 2.21. The fourth-order valence-corrected chi connectivity index (χ4v) is 2.54. The van der Waals surface area contributed by atoms with Crippen LogP contribution in [-0.4, -0.2) is 14.7 Å². The van der Waals surface area contributed by atoms with E-state index in [1.807, 2.05) is 24.5 Å². The van der Waals surface area contributed by atoms with Crippen molar-refractivity contribution in [2.75, 3.05) is 5.32 Å². The highest BCUT2D eigenvalue weighted by molar-refractivity contribution is 5.79. The molecule has 22 heavy (non-hydrogen) atoms. The predicted octanol–water partition coefficient (Wildman–Crippen LogP) is 4.15. The number of aromatic hydroxyl groups is 1. The summed E-state index contributed by atoms with van der Waals surface area (Å²) in [6.45, 7) is 3.80. The monoisotopic (exact) mass is 295 g/mol. The molecule has 0 bridgehead atoms. The number of imidazole rings is 1.